The summed E-state index contributed by atoms with van der Waals surface area (Å²) >= 11 is 0. The van der Waals surface area contributed by atoms with Crippen molar-refractivity contribution in [1.82, 2.24) is 0 Å². The van der Waals surface area contributed by atoms with Gasteiger partial charge in [-0.25, -0.2) is 0 Å². The second-order valence-corrected chi connectivity index (χ2v) is 7.72. The van der Waals surface area contributed by atoms with E-state index >= 15 is 0 Å². The van der Waals surface area contributed by atoms with E-state index in [0.29, 0.717) is 0 Å². The normalized spacial score (nSPS) is 17.5. The van der Waals surface area contributed by atoms with Crippen LogP contribution in [0.15, 0.2) is 29.8 Å². The Balaban J connectivity index is 1.96. The van der Waals surface area contributed by atoms with Gasteiger partial charge in [-0.15, -0.1) is 0 Å². The number of hydrogen-bond donors (Lipinski definition) is 0. The number of allylic oxidation sites excluding steroid dienone is 2. The molecule has 0 saturated heterocycles. The molecular formula is C20H24N+. The van der Waals surface area contributed by atoms with E-state index < -0.39 is 0 Å². The van der Waals surface area contributed by atoms with Crippen LogP contribution in [0.5, 0.6) is 0 Å². The fourth-order valence-electron chi connectivity index (χ4n) is 3.95. The minimum absolute atomic E-state index is 0.213. The molecule has 21 heavy (non-hydrogen) atoms. The van der Waals surface area contributed by atoms with Crippen LogP contribution in [0.3, 0.4) is 0 Å². The van der Waals surface area contributed by atoms with Crippen LogP contribution in [0, 0.1) is 6.92 Å². The SMILES string of the molecule is Cc1cc2[n+](c3ccc(C(C)(C)C)cc13)CC1=C2CCC1. The zero-order valence-corrected chi connectivity index (χ0v) is 13.6. The van der Waals surface area contributed by atoms with Crippen molar-refractivity contribution >= 4 is 16.5 Å². The summed E-state index contributed by atoms with van der Waals surface area (Å²) in [6.07, 6.45) is 3.93. The minimum atomic E-state index is 0.213. The average Bonchev–Trinajstić information content (AvgIpc) is 2.99. The van der Waals surface area contributed by atoms with E-state index in [9.17, 15) is 0 Å². The topological polar surface area (TPSA) is 3.88 Å². The Labute approximate surface area is 127 Å². The quantitative estimate of drug-likeness (QED) is 0.616. The Morgan fingerprint density at radius 1 is 1.05 bits per heavy atom. The van der Waals surface area contributed by atoms with Gasteiger partial charge in [0, 0.05) is 28.7 Å². The summed E-state index contributed by atoms with van der Waals surface area (Å²) in [6.45, 7) is 10.3. The van der Waals surface area contributed by atoms with Gasteiger partial charge >= 0.3 is 0 Å². The smallest absolute Gasteiger partial charge is 0.188 e. The Bertz CT molecular complexity index is 788. The molecule has 1 aromatic carbocycles. The van der Waals surface area contributed by atoms with Crippen molar-refractivity contribution in [3.63, 3.8) is 0 Å². The van der Waals surface area contributed by atoms with Crippen LogP contribution in [0.25, 0.3) is 16.5 Å². The highest BCUT2D eigenvalue weighted by Crippen LogP contribution is 2.38. The Morgan fingerprint density at radius 2 is 1.86 bits per heavy atom. The maximum absolute atomic E-state index is 2.54. The monoisotopic (exact) mass is 278 g/mol. The van der Waals surface area contributed by atoms with Crippen molar-refractivity contribution in [2.75, 3.05) is 0 Å². The summed E-state index contributed by atoms with van der Waals surface area (Å²) in [5, 5.41) is 1.42. The number of hydrogen-bond acceptors (Lipinski definition) is 0. The molecule has 2 aromatic rings. The molecular weight excluding hydrogens is 254 g/mol. The molecule has 0 saturated carbocycles. The number of nitrogens with zero attached hydrogens (tertiary/aromatic N) is 1. The first kappa shape index (κ1) is 13.1. The van der Waals surface area contributed by atoms with Crippen LogP contribution in [0.4, 0.5) is 0 Å². The zero-order chi connectivity index (χ0) is 14.8. The first-order valence-electron chi connectivity index (χ1n) is 8.14. The first-order chi connectivity index (χ1) is 9.95. The van der Waals surface area contributed by atoms with Gasteiger partial charge < -0.3 is 0 Å². The lowest BCUT2D eigenvalue weighted by Crippen LogP contribution is -2.36. The van der Waals surface area contributed by atoms with Gasteiger partial charge in [0.05, 0.1) is 0 Å². The molecule has 0 N–H and O–H groups in total. The van der Waals surface area contributed by atoms with Crippen molar-refractivity contribution in [1.29, 1.82) is 0 Å². The molecule has 0 amide bonds. The number of aryl methyl sites for hydroxylation is 1. The van der Waals surface area contributed by atoms with Gasteiger partial charge in [0.15, 0.2) is 6.54 Å². The van der Waals surface area contributed by atoms with E-state index in [1.807, 2.05) is 0 Å². The number of aromatic nitrogens is 1. The zero-order valence-electron chi connectivity index (χ0n) is 13.6. The molecule has 1 aliphatic heterocycles. The summed E-state index contributed by atoms with van der Waals surface area (Å²) in [4.78, 5) is 0. The number of benzene rings is 1. The fraction of sp³-hybridized carbons (Fsp3) is 0.450. The summed E-state index contributed by atoms with van der Waals surface area (Å²) < 4.78 is 2.54. The molecule has 1 nitrogen and oxygen atoms in total. The van der Waals surface area contributed by atoms with E-state index in [4.69, 9.17) is 0 Å². The van der Waals surface area contributed by atoms with Crippen LogP contribution < -0.4 is 4.57 Å². The highest BCUT2D eigenvalue weighted by molar-refractivity contribution is 5.83. The Hall–Kier alpha value is -1.63. The van der Waals surface area contributed by atoms with Crippen molar-refractivity contribution in [2.24, 2.45) is 0 Å². The van der Waals surface area contributed by atoms with E-state index in [-0.39, 0.29) is 5.41 Å². The molecule has 0 radical (unpaired) electrons. The van der Waals surface area contributed by atoms with Crippen molar-refractivity contribution in [3.8, 4) is 0 Å². The molecule has 108 valence electrons. The molecule has 0 unspecified atom stereocenters. The van der Waals surface area contributed by atoms with Crippen LogP contribution >= 0.6 is 0 Å². The van der Waals surface area contributed by atoms with Crippen LogP contribution in [0.1, 0.15) is 56.9 Å². The number of pyridine rings is 1. The second-order valence-electron chi connectivity index (χ2n) is 7.72. The fourth-order valence-corrected chi connectivity index (χ4v) is 3.95. The van der Waals surface area contributed by atoms with Crippen molar-refractivity contribution in [3.05, 3.63) is 46.7 Å². The van der Waals surface area contributed by atoms with E-state index in [1.54, 1.807) is 11.1 Å². The Morgan fingerprint density at radius 3 is 2.62 bits per heavy atom. The highest BCUT2D eigenvalue weighted by Gasteiger charge is 2.34. The van der Waals surface area contributed by atoms with Gasteiger partial charge in [-0.05, 0) is 48.8 Å². The van der Waals surface area contributed by atoms with Gasteiger partial charge in [0.1, 0.15) is 0 Å². The molecule has 1 aromatic heterocycles. The third-order valence-electron chi connectivity index (χ3n) is 5.21. The van der Waals surface area contributed by atoms with E-state index in [1.165, 1.54) is 47.0 Å². The highest BCUT2D eigenvalue weighted by atomic mass is 15.0. The number of fused-ring (bicyclic) bond motifs is 4. The Kier molecular flexibility index (Phi) is 2.61. The molecule has 0 fully saturated rings. The third kappa shape index (κ3) is 1.87. The van der Waals surface area contributed by atoms with Gasteiger partial charge in [0.25, 0.3) is 0 Å². The molecule has 0 bridgehead atoms. The van der Waals surface area contributed by atoms with Gasteiger partial charge in [-0.1, -0.05) is 26.8 Å². The lowest BCUT2D eigenvalue weighted by Gasteiger charge is -2.19. The lowest BCUT2D eigenvalue weighted by molar-refractivity contribution is -0.660. The summed E-state index contributed by atoms with van der Waals surface area (Å²) in [5.41, 5.74) is 9.27. The van der Waals surface area contributed by atoms with Crippen LogP contribution in [0.2, 0.25) is 0 Å². The maximum atomic E-state index is 2.54. The number of rotatable bonds is 0. The molecule has 1 heteroatoms. The average molecular weight is 278 g/mol. The standard InChI is InChI=1S/C20H24N/c1-13-10-19-16-7-5-6-14(16)12-21(19)18-9-8-15(11-17(13)18)20(2,3)4/h8-11H,5-7,12H2,1-4H3/q+1. The second kappa shape index (κ2) is 4.19. The summed E-state index contributed by atoms with van der Waals surface area (Å²) in [6, 6.07) is 9.48. The molecule has 1 aliphatic carbocycles. The summed E-state index contributed by atoms with van der Waals surface area (Å²) in [5.74, 6) is 0. The minimum Gasteiger partial charge on any atom is -0.188 e. The largest absolute Gasteiger partial charge is 0.213 e. The predicted molar refractivity (Wildman–Crippen MR) is 88.4 cm³/mol. The van der Waals surface area contributed by atoms with E-state index in [0.717, 1.165) is 6.54 Å². The maximum Gasteiger partial charge on any atom is 0.213 e. The van der Waals surface area contributed by atoms with Gasteiger partial charge in [-0.2, -0.15) is 4.57 Å². The van der Waals surface area contributed by atoms with Crippen LogP contribution in [-0.2, 0) is 12.0 Å². The first-order valence-corrected chi connectivity index (χ1v) is 8.14. The third-order valence-corrected chi connectivity index (χ3v) is 5.21. The molecule has 2 heterocycles. The van der Waals surface area contributed by atoms with Gasteiger partial charge in [-0.3, -0.25) is 0 Å². The molecule has 4 rings (SSSR count). The van der Waals surface area contributed by atoms with Crippen LogP contribution in [-0.4, -0.2) is 0 Å². The lowest BCUT2D eigenvalue weighted by atomic mass is 9.86. The van der Waals surface area contributed by atoms with E-state index in [2.05, 4.69) is 56.5 Å². The molecule has 2 aliphatic rings. The predicted octanol–water partition coefficient (Wildman–Crippen LogP) is 4.68. The van der Waals surface area contributed by atoms with Crippen molar-refractivity contribution in [2.45, 2.75) is 58.9 Å². The molecule has 0 spiro atoms. The molecule has 0 atom stereocenters. The summed E-state index contributed by atoms with van der Waals surface area (Å²) in [7, 11) is 0. The van der Waals surface area contributed by atoms with Gasteiger partial charge in [0.2, 0.25) is 11.2 Å². The van der Waals surface area contributed by atoms with Crippen molar-refractivity contribution < 1.29 is 4.57 Å².